The Labute approximate surface area is 148 Å². The maximum atomic E-state index is 13.7. The van der Waals surface area contributed by atoms with Crippen molar-refractivity contribution < 1.29 is 17.6 Å². The van der Waals surface area contributed by atoms with E-state index in [1.807, 2.05) is 0 Å². The molecule has 1 aliphatic heterocycles. The summed E-state index contributed by atoms with van der Waals surface area (Å²) in [5.74, 6) is -0.971. The highest BCUT2D eigenvalue weighted by Crippen LogP contribution is 2.48. The molecule has 1 N–H and O–H groups in total. The van der Waals surface area contributed by atoms with Gasteiger partial charge in [-0.1, -0.05) is 25.3 Å². The van der Waals surface area contributed by atoms with E-state index in [9.17, 15) is 17.6 Å². The van der Waals surface area contributed by atoms with Gasteiger partial charge in [0.2, 0.25) is 15.9 Å². The van der Waals surface area contributed by atoms with Crippen molar-refractivity contribution in [1.82, 2.24) is 4.31 Å². The molecule has 1 unspecified atom stereocenters. The molecule has 2 fully saturated rings. The first kappa shape index (κ1) is 18.3. The van der Waals surface area contributed by atoms with Crippen LogP contribution in [0, 0.1) is 24.1 Å². The lowest BCUT2D eigenvalue weighted by atomic mass is 9.67. The highest BCUT2D eigenvalue weighted by molar-refractivity contribution is 7.88. The second-order valence-corrected chi connectivity index (χ2v) is 9.42. The summed E-state index contributed by atoms with van der Waals surface area (Å²) in [5.41, 5.74) is 0.549. The van der Waals surface area contributed by atoms with Crippen LogP contribution in [-0.2, 0) is 14.8 Å². The number of benzene rings is 1. The van der Waals surface area contributed by atoms with Gasteiger partial charge in [-0.25, -0.2) is 17.1 Å². The SMILES string of the molecule is Cc1c(F)cccc1NC(=O)C1CN(S(C)(=O)=O)CC12CCCCC2. The van der Waals surface area contributed by atoms with Crippen LogP contribution in [-0.4, -0.2) is 38.0 Å². The van der Waals surface area contributed by atoms with Crippen LogP contribution in [0.1, 0.15) is 37.7 Å². The van der Waals surface area contributed by atoms with E-state index in [0.717, 1.165) is 32.1 Å². The van der Waals surface area contributed by atoms with Gasteiger partial charge >= 0.3 is 0 Å². The monoisotopic (exact) mass is 368 g/mol. The van der Waals surface area contributed by atoms with E-state index >= 15 is 0 Å². The molecule has 1 atom stereocenters. The first-order chi connectivity index (χ1) is 11.7. The molecule has 1 aromatic carbocycles. The lowest BCUT2D eigenvalue weighted by Crippen LogP contribution is -2.39. The molecule has 1 saturated carbocycles. The average Bonchev–Trinajstić information content (AvgIpc) is 2.92. The van der Waals surface area contributed by atoms with Crippen LogP contribution in [0.3, 0.4) is 0 Å². The van der Waals surface area contributed by atoms with Gasteiger partial charge in [0.15, 0.2) is 0 Å². The van der Waals surface area contributed by atoms with E-state index in [4.69, 9.17) is 0 Å². The molecule has 1 heterocycles. The predicted octanol–water partition coefficient (Wildman–Crippen LogP) is 2.91. The topological polar surface area (TPSA) is 66.5 Å². The Balaban J connectivity index is 1.87. The third kappa shape index (κ3) is 3.58. The Hall–Kier alpha value is -1.47. The van der Waals surface area contributed by atoms with Crippen molar-refractivity contribution in [2.24, 2.45) is 11.3 Å². The maximum absolute atomic E-state index is 13.7. The summed E-state index contributed by atoms with van der Waals surface area (Å²) in [6, 6.07) is 4.59. The van der Waals surface area contributed by atoms with Gasteiger partial charge in [0, 0.05) is 24.3 Å². The quantitative estimate of drug-likeness (QED) is 0.892. The average molecular weight is 368 g/mol. The van der Waals surface area contributed by atoms with Crippen molar-refractivity contribution >= 4 is 21.6 Å². The molecule has 7 heteroatoms. The number of amides is 1. The zero-order valence-corrected chi connectivity index (χ0v) is 15.5. The number of halogens is 1. The number of hydrogen-bond acceptors (Lipinski definition) is 3. The Morgan fingerprint density at radius 3 is 2.60 bits per heavy atom. The fourth-order valence-electron chi connectivity index (χ4n) is 4.26. The van der Waals surface area contributed by atoms with Gasteiger partial charge in [-0.15, -0.1) is 0 Å². The van der Waals surface area contributed by atoms with Crippen molar-refractivity contribution in [3.05, 3.63) is 29.6 Å². The minimum absolute atomic E-state index is 0.207. The highest BCUT2D eigenvalue weighted by atomic mass is 32.2. The van der Waals surface area contributed by atoms with Gasteiger partial charge in [0.05, 0.1) is 12.2 Å². The molecule has 1 saturated heterocycles. The van der Waals surface area contributed by atoms with Crippen molar-refractivity contribution in [3.8, 4) is 0 Å². The van der Waals surface area contributed by atoms with E-state index in [2.05, 4.69) is 5.32 Å². The van der Waals surface area contributed by atoms with Gasteiger partial charge < -0.3 is 5.32 Å². The fraction of sp³-hybridized carbons (Fsp3) is 0.611. The number of rotatable bonds is 3. The first-order valence-electron chi connectivity index (χ1n) is 8.74. The molecular formula is C18H25FN2O3S. The van der Waals surface area contributed by atoms with Crippen molar-refractivity contribution in [3.63, 3.8) is 0 Å². The molecule has 1 aliphatic carbocycles. The Kier molecular flexibility index (Phi) is 4.90. The standard InChI is InChI=1S/C18H25FN2O3S/c1-13-15(19)7-6-8-16(13)20-17(22)14-11-21(25(2,23)24)12-18(14)9-4-3-5-10-18/h6-8,14H,3-5,9-12H2,1-2H3,(H,20,22). The summed E-state index contributed by atoms with van der Waals surface area (Å²) in [5, 5.41) is 2.84. The van der Waals surface area contributed by atoms with E-state index in [1.165, 1.54) is 16.6 Å². The number of carbonyl (C=O) groups excluding carboxylic acids is 1. The molecular weight excluding hydrogens is 343 g/mol. The van der Waals surface area contributed by atoms with E-state index in [0.29, 0.717) is 17.8 Å². The van der Waals surface area contributed by atoms with Crippen LogP contribution in [0.4, 0.5) is 10.1 Å². The summed E-state index contributed by atoms with van der Waals surface area (Å²) in [6.45, 7) is 2.24. The number of nitrogens with zero attached hydrogens (tertiary/aromatic N) is 1. The Morgan fingerprint density at radius 2 is 1.96 bits per heavy atom. The van der Waals surface area contributed by atoms with Crippen molar-refractivity contribution in [2.75, 3.05) is 24.7 Å². The minimum atomic E-state index is -3.34. The van der Waals surface area contributed by atoms with Crippen LogP contribution in [0.15, 0.2) is 18.2 Å². The first-order valence-corrected chi connectivity index (χ1v) is 10.6. The second kappa shape index (κ2) is 6.68. The van der Waals surface area contributed by atoms with E-state index in [1.54, 1.807) is 19.1 Å². The third-order valence-corrected chi connectivity index (χ3v) is 6.99. The second-order valence-electron chi connectivity index (χ2n) is 7.43. The molecule has 1 spiro atoms. The lowest BCUT2D eigenvalue weighted by Gasteiger charge is -2.37. The summed E-state index contributed by atoms with van der Waals surface area (Å²) < 4.78 is 39.2. The van der Waals surface area contributed by atoms with E-state index in [-0.39, 0.29) is 23.7 Å². The number of carbonyl (C=O) groups is 1. The maximum Gasteiger partial charge on any atom is 0.229 e. The van der Waals surface area contributed by atoms with Crippen molar-refractivity contribution in [1.29, 1.82) is 0 Å². The number of anilines is 1. The molecule has 25 heavy (non-hydrogen) atoms. The molecule has 2 aliphatic rings. The Bertz CT molecular complexity index is 773. The van der Waals surface area contributed by atoms with Crippen LogP contribution >= 0.6 is 0 Å². The van der Waals surface area contributed by atoms with Gasteiger partial charge in [0.1, 0.15) is 5.82 Å². The molecule has 138 valence electrons. The van der Waals surface area contributed by atoms with Crippen LogP contribution in [0.2, 0.25) is 0 Å². The van der Waals surface area contributed by atoms with Gasteiger partial charge in [-0.05, 0) is 37.3 Å². The van der Waals surface area contributed by atoms with Crippen LogP contribution in [0.25, 0.3) is 0 Å². The summed E-state index contributed by atoms with van der Waals surface area (Å²) in [7, 11) is -3.34. The van der Waals surface area contributed by atoms with Gasteiger partial charge in [0.25, 0.3) is 0 Å². The highest BCUT2D eigenvalue weighted by Gasteiger charge is 2.52. The number of sulfonamides is 1. The molecule has 1 aromatic rings. The predicted molar refractivity (Wildman–Crippen MR) is 95.2 cm³/mol. The zero-order valence-electron chi connectivity index (χ0n) is 14.7. The fourth-order valence-corrected chi connectivity index (χ4v) is 5.17. The largest absolute Gasteiger partial charge is 0.325 e. The van der Waals surface area contributed by atoms with Crippen molar-refractivity contribution in [2.45, 2.75) is 39.0 Å². The molecule has 0 radical (unpaired) electrons. The minimum Gasteiger partial charge on any atom is -0.325 e. The number of hydrogen-bond donors (Lipinski definition) is 1. The normalized spacial score (nSPS) is 23.7. The van der Waals surface area contributed by atoms with Crippen LogP contribution < -0.4 is 5.32 Å². The van der Waals surface area contributed by atoms with E-state index < -0.39 is 15.9 Å². The molecule has 5 nitrogen and oxygen atoms in total. The number of nitrogens with one attached hydrogen (secondary N) is 1. The lowest BCUT2D eigenvalue weighted by molar-refractivity contribution is -0.123. The molecule has 0 bridgehead atoms. The molecule has 1 amide bonds. The van der Waals surface area contributed by atoms with Gasteiger partial charge in [-0.3, -0.25) is 4.79 Å². The molecule has 0 aromatic heterocycles. The summed E-state index contributed by atoms with van der Waals surface area (Å²) in [4.78, 5) is 13.0. The third-order valence-electron chi connectivity index (χ3n) is 5.78. The Morgan fingerprint density at radius 1 is 1.28 bits per heavy atom. The van der Waals surface area contributed by atoms with Crippen LogP contribution in [0.5, 0.6) is 0 Å². The smallest absolute Gasteiger partial charge is 0.229 e. The summed E-state index contributed by atoms with van der Waals surface area (Å²) >= 11 is 0. The summed E-state index contributed by atoms with van der Waals surface area (Å²) in [6.07, 6.45) is 6.07. The molecule has 3 rings (SSSR count). The van der Waals surface area contributed by atoms with Gasteiger partial charge in [-0.2, -0.15) is 0 Å². The zero-order chi connectivity index (χ0) is 18.2.